The predicted molar refractivity (Wildman–Crippen MR) is 112 cm³/mol. The van der Waals surface area contributed by atoms with E-state index in [4.69, 9.17) is 11.6 Å². The molecule has 0 aromatic heterocycles. The monoisotopic (exact) mass is 425 g/mol. The Balaban J connectivity index is 1.51. The normalized spacial score (nSPS) is 20.1. The van der Waals surface area contributed by atoms with Crippen LogP contribution in [0, 0.1) is 20.8 Å². The van der Waals surface area contributed by atoms with Crippen LogP contribution in [0.15, 0.2) is 46.7 Å². The molecule has 0 bridgehead atoms. The summed E-state index contributed by atoms with van der Waals surface area (Å²) < 4.78 is 0. The fourth-order valence-corrected chi connectivity index (χ4v) is 3.73. The highest BCUT2D eigenvalue weighted by Gasteiger charge is 2.55. The SMILES string of the molecule is Cc1ccc(N2C(=O)C3N=NN(CC(=O)Nc4cccc(Cl)c4C)C3C2=O)cc1C. The van der Waals surface area contributed by atoms with E-state index in [9.17, 15) is 14.4 Å². The van der Waals surface area contributed by atoms with E-state index in [2.05, 4.69) is 15.7 Å². The second kappa shape index (κ2) is 7.53. The van der Waals surface area contributed by atoms with Crippen LogP contribution in [0.3, 0.4) is 0 Å². The van der Waals surface area contributed by atoms with Gasteiger partial charge in [0.2, 0.25) is 5.91 Å². The van der Waals surface area contributed by atoms with E-state index in [-0.39, 0.29) is 12.5 Å². The Morgan fingerprint density at radius 2 is 1.87 bits per heavy atom. The van der Waals surface area contributed by atoms with Gasteiger partial charge in [-0.05, 0) is 61.7 Å². The van der Waals surface area contributed by atoms with Gasteiger partial charge in [-0.1, -0.05) is 29.0 Å². The minimum Gasteiger partial charge on any atom is -0.324 e. The average Bonchev–Trinajstić information content (AvgIpc) is 3.21. The van der Waals surface area contributed by atoms with Crippen LogP contribution in [0.2, 0.25) is 5.02 Å². The largest absolute Gasteiger partial charge is 0.324 e. The van der Waals surface area contributed by atoms with Crippen LogP contribution < -0.4 is 10.2 Å². The van der Waals surface area contributed by atoms with Crippen molar-refractivity contribution in [1.82, 2.24) is 5.01 Å². The summed E-state index contributed by atoms with van der Waals surface area (Å²) >= 11 is 6.09. The third kappa shape index (κ3) is 3.33. The molecule has 1 N–H and O–H groups in total. The van der Waals surface area contributed by atoms with Crippen molar-refractivity contribution >= 4 is 40.7 Å². The first-order chi connectivity index (χ1) is 14.3. The van der Waals surface area contributed by atoms with Gasteiger partial charge in [-0.3, -0.25) is 19.4 Å². The molecule has 0 spiro atoms. The van der Waals surface area contributed by atoms with Crippen LogP contribution in [0.25, 0.3) is 0 Å². The molecular weight excluding hydrogens is 406 g/mol. The maximum Gasteiger partial charge on any atom is 0.263 e. The van der Waals surface area contributed by atoms with Crippen molar-refractivity contribution in [2.75, 3.05) is 16.8 Å². The molecule has 2 atom stereocenters. The molecule has 0 radical (unpaired) electrons. The molecule has 2 aromatic carbocycles. The summed E-state index contributed by atoms with van der Waals surface area (Å²) in [6.45, 7) is 5.46. The summed E-state index contributed by atoms with van der Waals surface area (Å²) in [5, 5.41) is 12.4. The zero-order valence-corrected chi connectivity index (χ0v) is 17.5. The summed E-state index contributed by atoms with van der Waals surface area (Å²) in [6, 6.07) is 8.72. The van der Waals surface area contributed by atoms with Gasteiger partial charge >= 0.3 is 0 Å². The molecule has 9 heteroatoms. The second-order valence-electron chi connectivity index (χ2n) is 7.43. The minimum absolute atomic E-state index is 0.212. The minimum atomic E-state index is -0.945. The Morgan fingerprint density at radius 3 is 2.60 bits per heavy atom. The van der Waals surface area contributed by atoms with Gasteiger partial charge in [0.25, 0.3) is 11.8 Å². The van der Waals surface area contributed by atoms with Gasteiger partial charge in [0, 0.05) is 10.7 Å². The smallest absolute Gasteiger partial charge is 0.263 e. The number of hydrogen-bond acceptors (Lipinski definition) is 6. The quantitative estimate of drug-likeness (QED) is 0.761. The third-order valence-electron chi connectivity index (χ3n) is 5.45. The highest BCUT2D eigenvalue weighted by atomic mass is 35.5. The first-order valence-electron chi connectivity index (χ1n) is 9.45. The Bertz CT molecular complexity index is 1100. The van der Waals surface area contributed by atoms with E-state index in [1.54, 1.807) is 37.3 Å². The van der Waals surface area contributed by atoms with Crippen LogP contribution >= 0.6 is 11.6 Å². The number of rotatable bonds is 4. The maximum absolute atomic E-state index is 13.0. The van der Waals surface area contributed by atoms with Gasteiger partial charge in [-0.2, -0.15) is 5.11 Å². The Hall–Kier alpha value is -3.26. The molecular formula is C21H20ClN5O3. The van der Waals surface area contributed by atoms with Crippen LogP contribution in [0.4, 0.5) is 11.4 Å². The maximum atomic E-state index is 13.0. The van der Waals surface area contributed by atoms with E-state index >= 15 is 0 Å². The number of imide groups is 1. The molecule has 1 fully saturated rings. The lowest BCUT2D eigenvalue weighted by molar-refractivity contribution is -0.123. The van der Waals surface area contributed by atoms with Gasteiger partial charge in [0.1, 0.15) is 6.54 Å². The zero-order valence-electron chi connectivity index (χ0n) is 16.7. The Morgan fingerprint density at radius 1 is 1.10 bits per heavy atom. The van der Waals surface area contributed by atoms with Crippen LogP contribution in [0.1, 0.15) is 16.7 Å². The van der Waals surface area contributed by atoms with Crippen molar-refractivity contribution in [3.05, 3.63) is 58.1 Å². The van der Waals surface area contributed by atoms with E-state index in [1.807, 2.05) is 19.9 Å². The Labute approximate surface area is 178 Å². The molecule has 154 valence electrons. The number of nitrogens with zero attached hydrogens (tertiary/aromatic N) is 4. The molecule has 4 rings (SSSR count). The highest BCUT2D eigenvalue weighted by Crippen LogP contribution is 2.32. The molecule has 30 heavy (non-hydrogen) atoms. The standard InChI is InChI=1S/C21H20ClN5O3/c1-11-7-8-14(9-12(11)2)27-20(29)18-19(21(27)30)26(25-24-18)10-17(28)23-16-6-4-5-15(22)13(16)3/h4-9,18-19H,10H2,1-3H3,(H,23,28). The first-order valence-corrected chi connectivity index (χ1v) is 9.83. The third-order valence-corrected chi connectivity index (χ3v) is 5.86. The number of aryl methyl sites for hydroxylation is 2. The summed E-state index contributed by atoms with van der Waals surface area (Å²) in [7, 11) is 0. The molecule has 3 amide bonds. The topological polar surface area (TPSA) is 94.4 Å². The number of halogens is 1. The molecule has 1 saturated heterocycles. The highest BCUT2D eigenvalue weighted by molar-refractivity contribution is 6.31. The molecule has 0 aliphatic carbocycles. The lowest BCUT2D eigenvalue weighted by Crippen LogP contribution is -2.43. The molecule has 8 nitrogen and oxygen atoms in total. The van der Waals surface area contributed by atoms with Crippen molar-refractivity contribution < 1.29 is 14.4 Å². The van der Waals surface area contributed by atoms with E-state index < -0.39 is 23.9 Å². The number of fused-ring (bicyclic) bond motifs is 1. The van der Waals surface area contributed by atoms with Crippen molar-refractivity contribution in [3.8, 4) is 0 Å². The molecule has 2 unspecified atom stereocenters. The average molecular weight is 426 g/mol. The summed E-state index contributed by atoms with van der Waals surface area (Å²) in [5.74, 6) is -1.26. The van der Waals surface area contributed by atoms with Gasteiger partial charge in [0.15, 0.2) is 12.1 Å². The first kappa shape index (κ1) is 20.0. The molecule has 2 aliphatic rings. The number of carbonyl (C=O) groups is 3. The Kier molecular flexibility index (Phi) is 5.03. The van der Waals surface area contributed by atoms with Gasteiger partial charge in [-0.25, -0.2) is 4.90 Å². The van der Waals surface area contributed by atoms with Gasteiger partial charge in [0.05, 0.1) is 5.69 Å². The van der Waals surface area contributed by atoms with E-state index in [0.717, 1.165) is 21.6 Å². The van der Waals surface area contributed by atoms with Crippen LogP contribution in [-0.4, -0.2) is 41.4 Å². The van der Waals surface area contributed by atoms with Crippen molar-refractivity contribution in [2.45, 2.75) is 32.9 Å². The number of carbonyl (C=O) groups excluding carboxylic acids is 3. The van der Waals surface area contributed by atoms with Crippen molar-refractivity contribution in [2.24, 2.45) is 10.3 Å². The molecule has 0 saturated carbocycles. The van der Waals surface area contributed by atoms with Gasteiger partial charge in [-0.15, -0.1) is 0 Å². The number of benzene rings is 2. The fraction of sp³-hybridized carbons (Fsp3) is 0.286. The van der Waals surface area contributed by atoms with Crippen molar-refractivity contribution in [3.63, 3.8) is 0 Å². The summed E-state index contributed by atoms with van der Waals surface area (Å²) in [5.41, 5.74) is 3.84. The summed E-state index contributed by atoms with van der Waals surface area (Å²) in [4.78, 5) is 39.5. The molecule has 2 aromatic rings. The summed E-state index contributed by atoms with van der Waals surface area (Å²) in [6.07, 6.45) is 0. The number of amides is 3. The lowest BCUT2D eigenvalue weighted by atomic mass is 10.1. The molecule has 2 aliphatic heterocycles. The second-order valence-corrected chi connectivity index (χ2v) is 7.84. The zero-order chi connectivity index (χ0) is 21.6. The van der Waals surface area contributed by atoms with Gasteiger partial charge < -0.3 is 5.32 Å². The van der Waals surface area contributed by atoms with E-state index in [0.29, 0.717) is 16.4 Å². The number of anilines is 2. The van der Waals surface area contributed by atoms with Crippen LogP contribution in [-0.2, 0) is 14.4 Å². The lowest BCUT2D eigenvalue weighted by Gasteiger charge is -2.21. The predicted octanol–water partition coefficient (Wildman–Crippen LogP) is 3.20. The van der Waals surface area contributed by atoms with Crippen molar-refractivity contribution in [1.29, 1.82) is 0 Å². The van der Waals surface area contributed by atoms with Crippen LogP contribution in [0.5, 0.6) is 0 Å². The number of hydrogen-bond donors (Lipinski definition) is 1. The number of nitrogens with one attached hydrogen (secondary N) is 1. The van der Waals surface area contributed by atoms with E-state index in [1.165, 1.54) is 5.01 Å². The fourth-order valence-electron chi connectivity index (χ4n) is 3.55. The molecule has 2 heterocycles.